The van der Waals surface area contributed by atoms with Gasteiger partial charge >= 0.3 is 0 Å². The van der Waals surface area contributed by atoms with E-state index in [2.05, 4.69) is 29.6 Å². The lowest BCUT2D eigenvalue weighted by Gasteiger charge is -2.32. The Hall–Kier alpha value is -0.860. The summed E-state index contributed by atoms with van der Waals surface area (Å²) in [5, 5.41) is 13.9. The molecule has 0 spiro atoms. The summed E-state index contributed by atoms with van der Waals surface area (Å²) in [5.41, 5.74) is 2.39. The van der Waals surface area contributed by atoms with E-state index >= 15 is 0 Å². The van der Waals surface area contributed by atoms with Crippen molar-refractivity contribution in [2.75, 3.05) is 6.54 Å². The Kier molecular flexibility index (Phi) is 3.90. The second-order valence-electron chi connectivity index (χ2n) is 6.41. The van der Waals surface area contributed by atoms with Gasteiger partial charge in [-0.3, -0.25) is 0 Å². The van der Waals surface area contributed by atoms with Crippen LogP contribution in [0.3, 0.4) is 0 Å². The van der Waals surface area contributed by atoms with Crippen LogP contribution in [0.4, 0.5) is 0 Å². The largest absolute Gasteiger partial charge is 0.389 e. The average molecular weight is 259 g/mol. The number of hydrogen-bond donors (Lipinski definition) is 2. The van der Waals surface area contributed by atoms with Gasteiger partial charge in [-0.05, 0) is 42.7 Å². The summed E-state index contributed by atoms with van der Waals surface area (Å²) in [4.78, 5) is 0. The average Bonchev–Trinajstić information content (AvgIpc) is 3.24. The minimum Gasteiger partial charge on any atom is -0.389 e. The zero-order valence-corrected chi connectivity index (χ0v) is 11.7. The molecule has 104 valence electrons. The van der Waals surface area contributed by atoms with Gasteiger partial charge in [0.05, 0.1) is 5.60 Å². The molecule has 2 N–H and O–H groups in total. The number of hydrogen-bond acceptors (Lipinski definition) is 2. The molecule has 19 heavy (non-hydrogen) atoms. The van der Waals surface area contributed by atoms with Crippen LogP contribution < -0.4 is 5.32 Å². The topological polar surface area (TPSA) is 32.3 Å². The number of rotatable bonds is 5. The summed E-state index contributed by atoms with van der Waals surface area (Å²) < 4.78 is 0. The maximum atomic E-state index is 10.4. The first-order valence-corrected chi connectivity index (χ1v) is 7.77. The van der Waals surface area contributed by atoms with Crippen molar-refractivity contribution in [3.8, 4) is 0 Å². The summed E-state index contributed by atoms with van der Waals surface area (Å²) in [5.74, 6) is 0.822. The van der Waals surface area contributed by atoms with Crippen LogP contribution in [0.1, 0.15) is 62.0 Å². The summed E-state index contributed by atoms with van der Waals surface area (Å²) in [7, 11) is 0. The molecule has 2 saturated carbocycles. The van der Waals surface area contributed by atoms with E-state index in [1.165, 1.54) is 43.2 Å². The highest BCUT2D eigenvalue weighted by molar-refractivity contribution is 5.29. The quantitative estimate of drug-likeness (QED) is 0.850. The van der Waals surface area contributed by atoms with Crippen molar-refractivity contribution in [2.45, 2.75) is 63.0 Å². The van der Waals surface area contributed by atoms with Crippen molar-refractivity contribution < 1.29 is 5.11 Å². The molecule has 2 aliphatic carbocycles. The van der Waals surface area contributed by atoms with Gasteiger partial charge in [0, 0.05) is 13.1 Å². The van der Waals surface area contributed by atoms with Crippen LogP contribution in [-0.4, -0.2) is 17.3 Å². The monoisotopic (exact) mass is 259 g/mol. The molecule has 0 heterocycles. The van der Waals surface area contributed by atoms with Gasteiger partial charge in [-0.15, -0.1) is 0 Å². The molecule has 0 radical (unpaired) electrons. The predicted molar refractivity (Wildman–Crippen MR) is 78.2 cm³/mol. The minimum absolute atomic E-state index is 0.452. The zero-order valence-electron chi connectivity index (χ0n) is 11.7. The molecule has 0 aromatic heterocycles. The van der Waals surface area contributed by atoms with Gasteiger partial charge in [-0.25, -0.2) is 0 Å². The van der Waals surface area contributed by atoms with Crippen molar-refractivity contribution in [3.05, 3.63) is 35.4 Å². The number of aliphatic hydroxyl groups is 1. The zero-order chi connectivity index (χ0) is 13.1. The van der Waals surface area contributed by atoms with Gasteiger partial charge in [0.1, 0.15) is 0 Å². The van der Waals surface area contributed by atoms with Crippen LogP contribution in [0, 0.1) is 0 Å². The number of benzene rings is 1. The SMILES string of the molecule is OC1(CNCc2cccc(C3CC3)c2)CCCCC1. The standard InChI is InChI=1S/C17H25NO/c19-17(9-2-1-3-10-17)13-18-12-14-5-4-6-16(11-14)15-7-8-15/h4-6,11,15,18-19H,1-3,7-10,12-13H2. The highest BCUT2D eigenvalue weighted by Gasteiger charge is 2.28. The van der Waals surface area contributed by atoms with Crippen molar-refractivity contribution in [1.29, 1.82) is 0 Å². The number of nitrogens with one attached hydrogen (secondary N) is 1. The third-order valence-corrected chi connectivity index (χ3v) is 4.57. The van der Waals surface area contributed by atoms with E-state index in [1.807, 2.05) is 0 Å². The fourth-order valence-electron chi connectivity index (χ4n) is 3.20. The smallest absolute Gasteiger partial charge is 0.0771 e. The lowest BCUT2D eigenvalue weighted by atomic mass is 9.85. The molecule has 0 amide bonds. The van der Waals surface area contributed by atoms with E-state index in [1.54, 1.807) is 0 Å². The maximum Gasteiger partial charge on any atom is 0.0771 e. The third kappa shape index (κ3) is 3.58. The summed E-state index contributed by atoms with van der Waals surface area (Å²) in [6.45, 7) is 1.61. The first-order valence-electron chi connectivity index (χ1n) is 7.77. The third-order valence-electron chi connectivity index (χ3n) is 4.57. The lowest BCUT2D eigenvalue weighted by molar-refractivity contribution is 0.00467. The fourth-order valence-corrected chi connectivity index (χ4v) is 3.20. The molecule has 0 unspecified atom stereocenters. The molecular formula is C17H25NO. The van der Waals surface area contributed by atoms with E-state index < -0.39 is 5.60 Å². The van der Waals surface area contributed by atoms with Crippen molar-refractivity contribution in [1.82, 2.24) is 5.32 Å². The molecule has 1 aromatic rings. The van der Waals surface area contributed by atoms with Gasteiger partial charge in [0.15, 0.2) is 0 Å². The molecular weight excluding hydrogens is 234 g/mol. The molecule has 1 aromatic carbocycles. The molecule has 3 rings (SSSR count). The van der Waals surface area contributed by atoms with Gasteiger partial charge in [-0.1, -0.05) is 43.5 Å². The fraction of sp³-hybridized carbons (Fsp3) is 0.647. The van der Waals surface area contributed by atoms with Crippen LogP contribution >= 0.6 is 0 Å². The Balaban J connectivity index is 1.50. The van der Waals surface area contributed by atoms with Gasteiger partial charge in [0.25, 0.3) is 0 Å². The van der Waals surface area contributed by atoms with E-state index in [9.17, 15) is 5.11 Å². The molecule has 2 nitrogen and oxygen atoms in total. The molecule has 2 heteroatoms. The van der Waals surface area contributed by atoms with Crippen molar-refractivity contribution in [2.24, 2.45) is 0 Å². The molecule has 2 aliphatic rings. The highest BCUT2D eigenvalue weighted by Crippen LogP contribution is 2.40. The van der Waals surface area contributed by atoms with Crippen LogP contribution in [0.15, 0.2) is 24.3 Å². The molecule has 0 atom stereocenters. The van der Waals surface area contributed by atoms with E-state index in [0.29, 0.717) is 0 Å². The maximum absolute atomic E-state index is 10.4. The minimum atomic E-state index is -0.452. The molecule has 0 aliphatic heterocycles. The van der Waals surface area contributed by atoms with E-state index in [-0.39, 0.29) is 0 Å². The van der Waals surface area contributed by atoms with Crippen LogP contribution in [0.2, 0.25) is 0 Å². The van der Waals surface area contributed by atoms with E-state index in [0.717, 1.165) is 31.8 Å². The lowest BCUT2D eigenvalue weighted by Crippen LogP contribution is -2.41. The van der Waals surface area contributed by atoms with Crippen molar-refractivity contribution in [3.63, 3.8) is 0 Å². The Morgan fingerprint density at radius 3 is 2.68 bits per heavy atom. The highest BCUT2D eigenvalue weighted by atomic mass is 16.3. The Bertz CT molecular complexity index is 419. The summed E-state index contributed by atoms with van der Waals surface area (Å²) in [6.07, 6.45) is 8.27. The first kappa shape index (κ1) is 13.1. The second-order valence-corrected chi connectivity index (χ2v) is 6.41. The van der Waals surface area contributed by atoms with Crippen molar-refractivity contribution >= 4 is 0 Å². The van der Waals surface area contributed by atoms with Gasteiger partial charge in [-0.2, -0.15) is 0 Å². The van der Waals surface area contributed by atoms with Crippen LogP contribution in [-0.2, 0) is 6.54 Å². The summed E-state index contributed by atoms with van der Waals surface area (Å²) >= 11 is 0. The first-order chi connectivity index (χ1) is 9.25. The Labute approximate surface area is 116 Å². The molecule has 0 bridgehead atoms. The normalized spacial score (nSPS) is 22.4. The van der Waals surface area contributed by atoms with Crippen LogP contribution in [0.5, 0.6) is 0 Å². The molecule has 2 fully saturated rings. The Morgan fingerprint density at radius 1 is 1.16 bits per heavy atom. The predicted octanol–water partition coefficient (Wildman–Crippen LogP) is 3.35. The molecule has 0 saturated heterocycles. The summed E-state index contributed by atoms with van der Waals surface area (Å²) in [6, 6.07) is 8.93. The van der Waals surface area contributed by atoms with E-state index in [4.69, 9.17) is 0 Å². The van der Waals surface area contributed by atoms with Gasteiger partial charge in [0.2, 0.25) is 0 Å². The van der Waals surface area contributed by atoms with Gasteiger partial charge < -0.3 is 10.4 Å². The Morgan fingerprint density at radius 2 is 1.95 bits per heavy atom. The second kappa shape index (κ2) is 5.64. The van der Waals surface area contributed by atoms with Crippen LogP contribution in [0.25, 0.3) is 0 Å².